The van der Waals surface area contributed by atoms with Gasteiger partial charge in [0.1, 0.15) is 5.82 Å². The van der Waals surface area contributed by atoms with Gasteiger partial charge in [-0.2, -0.15) is 0 Å². The van der Waals surface area contributed by atoms with E-state index in [9.17, 15) is 14.0 Å². The highest BCUT2D eigenvalue weighted by molar-refractivity contribution is 5.92. The first-order valence-corrected chi connectivity index (χ1v) is 8.49. The normalized spacial score (nSPS) is 14.7. The quantitative estimate of drug-likeness (QED) is 0.885. The van der Waals surface area contributed by atoms with Gasteiger partial charge in [0.05, 0.1) is 6.54 Å². The number of rotatable bonds is 4. The number of nitrogens with one attached hydrogen (secondary N) is 2. The fraction of sp³-hybridized carbons (Fsp3) is 0.263. The molecule has 0 unspecified atom stereocenters. The van der Waals surface area contributed by atoms with Crippen molar-refractivity contribution in [2.24, 2.45) is 0 Å². The molecule has 0 saturated carbocycles. The van der Waals surface area contributed by atoms with Crippen LogP contribution in [0, 0.1) is 5.82 Å². The Morgan fingerprint density at radius 1 is 0.846 bits per heavy atom. The molecule has 2 N–H and O–H groups in total. The molecule has 136 valence electrons. The molecule has 0 aliphatic carbocycles. The zero-order valence-corrected chi connectivity index (χ0v) is 14.3. The van der Waals surface area contributed by atoms with Crippen molar-refractivity contribution in [3.8, 4) is 0 Å². The molecule has 3 amide bonds. The summed E-state index contributed by atoms with van der Waals surface area (Å²) >= 11 is 0. The highest BCUT2D eigenvalue weighted by Gasteiger charge is 2.22. The van der Waals surface area contributed by atoms with Crippen molar-refractivity contribution in [2.75, 3.05) is 43.4 Å². The third kappa shape index (κ3) is 5.03. The molecular formula is C19H21FN4O2. The van der Waals surface area contributed by atoms with E-state index >= 15 is 0 Å². The standard InChI is InChI=1S/C19H21FN4O2/c20-15-6-8-17(9-7-15)21-18(25)14-23-10-12-24(13-11-23)19(26)22-16-4-2-1-3-5-16/h1-9H,10-14H2,(H,21,25)(H,22,26). The van der Waals surface area contributed by atoms with Gasteiger partial charge in [-0.25, -0.2) is 9.18 Å². The summed E-state index contributed by atoms with van der Waals surface area (Å²) in [5, 5.41) is 5.61. The number of hydrogen-bond donors (Lipinski definition) is 2. The predicted molar refractivity (Wildman–Crippen MR) is 98.5 cm³/mol. The first-order chi connectivity index (χ1) is 12.6. The molecule has 1 heterocycles. The predicted octanol–water partition coefficient (Wildman–Crippen LogP) is 2.61. The number of amides is 3. The van der Waals surface area contributed by atoms with Crippen LogP contribution in [0.25, 0.3) is 0 Å². The maximum atomic E-state index is 12.9. The summed E-state index contributed by atoms with van der Waals surface area (Å²) in [7, 11) is 0. The maximum Gasteiger partial charge on any atom is 0.321 e. The number of benzene rings is 2. The van der Waals surface area contributed by atoms with Crippen molar-refractivity contribution in [1.29, 1.82) is 0 Å². The summed E-state index contributed by atoms with van der Waals surface area (Å²) in [5.41, 5.74) is 1.33. The Kier molecular flexibility index (Phi) is 5.80. The molecule has 1 saturated heterocycles. The van der Waals surface area contributed by atoms with E-state index in [0.29, 0.717) is 31.9 Å². The molecular weight excluding hydrogens is 335 g/mol. The summed E-state index contributed by atoms with van der Waals surface area (Å²) in [6.45, 7) is 2.61. The van der Waals surface area contributed by atoms with Crippen molar-refractivity contribution < 1.29 is 14.0 Å². The minimum Gasteiger partial charge on any atom is -0.325 e. The molecule has 7 heteroatoms. The van der Waals surface area contributed by atoms with Crippen LogP contribution in [-0.2, 0) is 4.79 Å². The molecule has 0 atom stereocenters. The molecule has 2 aromatic rings. The van der Waals surface area contributed by atoms with Crippen molar-refractivity contribution in [3.63, 3.8) is 0 Å². The molecule has 6 nitrogen and oxygen atoms in total. The number of piperazine rings is 1. The first-order valence-electron chi connectivity index (χ1n) is 8.49. The number of carbonyl (C=O) groups is 2. The summed E-state index contributed by atoms with van der Waals surface area (Å²) in [6.07, 6.45) is 0. The lowest BCUT2D eigenvalue weighted by atomic mass is 10.3. The average Bonchev–Trinajstić information content (AvgIpc) is 2.65. The Hall–Kier alpha value is -2.93. The zero-order chi connectivity index (χ0) is 18.4. The zero-order valence-electron chi connectivity index (χ0n) is 14.3. The van der Waals surface area contributed by atoms with E-state index in [1.165, 1.54) is 24.3 Å². The third-order valence-corrected chi connectivity index (χ3v) is 4.18. The summed E-state index contributed by atoms with van der Waals surface area (Å²) in [6, 6.07) is 14.8. The van der Waals surface area contributed by atoms with Crippen molar-refractivity contribution in [1.82, 2.24) is 9.80 Å². The lowest BCUT2D eigenvalue weighted by molar-refractivity contribution is -0.117. The topological polar surface area (TPSA) is 64.7 Å². The number of carbonyl (C=O) groups excluding carboxylic acids is 2. The first kappa shape index (κ1) is 17.9. The van der Waals surface area contributed by atoms with E-state index in [1.807, 2.05) is 35.2 Å². The van der Waals surface area contributed by atoms with Gasteiger partial charge in [0, 0.05) is 37.6 Å². The molecule has 0 bridgehead atoms. The van der Waals surface area contributed by atoms with E-state index in [2.05, 4.69) is 10.6 Å². The summed E-state index contributed by atoms with van der Waals surface area (Å²) in [5.74, 6) is -0.494. The number of anilines is 2. The molecule has 2 aromatic carbocycles. The van der Waals surface area contributed by atoms with Crippen LogP contribution >= 0.6 is 0 Å². The minimum atomic E-state index is -0.340. The Morgan fingerprint density at radius 3 is 2.12 bits per heavy atom. The van der Waals surface area contributed by atoms with Crippen molar-refractivity contribution >= 4 is 23.3 Å². The SMILES string of the molecule is O=C(CN1CCN(C(=O)Nc2ccccc2)CC1)Nc1ccc(F)cc1. The number of hydrogen-bond acceptors (Lipinski definition) is 3. The minimum absolute atomic E-state index is 0.133. The Balaban J connectivity index is 1.42. The van der Waals surface area contributed by atoms with Crippen LogP contribution in [0.5, 0.6) is 0 Å². The summed E-state index contributed by atoms with van der Waals surface area (Å²) in [4.78, 5) is 28.1. The Labute approximate surface area is 151 Å². The second kappa shape index (κ2) is 8.44. The lowest BCUT2D eigenvalue weighted by Gasteiger charge is -2.34. The Bertz CT molecular complexity index is 744. The highest BCUT2D eigenvalue weighted by atomic mass is 19.1. The molecule has 1 aliphatic heterocycles. The van der Waals surface area contributed by atoms with Crippen LogP contribution < -0.4 is 10.6 Å². The highest BCUT2D eigenvalue weighted by Crippen LogP contribution is 2.10. The fourth-order valence-corrected chi connectivity index (χ4v) is 2.77. The molecule has 0 radical (unpaired) electrons. The van der Waals surface area contributed by atoms with E-state index < -0.39 is 0 Å². The van der Waals surface area contributed by atoms with Gasteiger partial charge < -0.3 is 15.5 Å². The smallest absolute Gasteiger partial charge is 0.321 e. The average molecular weight is 356 g/mol. The maximum absolute atomic E-state index is 12.9. The number of para-hydroxylation sites is 1. The van der Waals surface area contributed by atoms with E-state index in [4.69, 9.17) is 0 Å². The van der Waals surface area contributed by atoms with E-state index in [-0.39, 0.29) is 24.3 Å². The van der Waals surface area contributed by atoms with Crippen molar-refractivity contribution in [3.05, 3.63) is 60.4 Å². The van der Waals surface area contributed by atoms with Gasteiger partial charge in [0.2, 0.25) is 5.91 Å². The van der Waals surface area contributed by atoms with E-state index in [0.717, 1.165) is 5.69 Å². The number of nitrogens with zero attached hydrogens (tertiary/aromatic N) is 2. The van der Waals surface area contributed by atoms with Crippen LogP contribution in [-0.4, -0.2) is 54.5 Å². The Morgan fingerprint density at radius 2 is 1.46 bits per heavy atom. The molecule has 1 fully saturated rings. The van der Waals surface area contributed by atoms with Crippen LogP contribution in [0.4, 0.5) is 20.6 Å². The van der Waals surface area contributed by atoms with Crippen LogP contribution in [0.1, 0.15) is 0 Å². The van der Waals surface area contributed by atoms with Gasteiger partial charge in [0.25, 0.3) is 0 Å². The third-order valence-electron chi connectivity index (χ3n) is 4.18. The lowest BCUT2D eigenvalue weighted by Crippen LogP contribution is -2.51. The molecule has 1 aliphatic rings. The molecule has 0 aromatic heterocycles. The molecule has 26 heavy (non-hydrogen) atoms. The van der Waals surface area contributed by atoms with Crippen LogP contribution in [0.2, 0.25) is 0 Å². The van der Waals surface area contributed by atoms with Crippen LogP contribution in [0.3, 0.4) is 0 Å². The van der Waals surface area contributed by atoms with Gasteiger partial charge in [0.15, 0.2) is 0 Å². The second-order valence-electron chi connectivity index (χ2n) is 6.11. The van der Waals surface area contributed by atoms with Gasteiger partial charge in [-0.1, -0.05) is 18.2 Å². The number of halogens is 1. The molecule has 3 rings (SSSR count). The van der Waals surface area contributed by atoms with Gasteiger partial charge in [-0.05, 0) is 36.4 Å². The van der Waals surface area contributed by atoms with Gasteiger partial charge >= 0.3 is 6.03 Å². The number of urea groups is 1. The monoisotopic (exact) mass is 356 g/mol. The van der Waals surface area contributed by atoms with E-state index in [1.54, 1.807) is 4.90 Å². The largest absolute Gasteiger partial charge is 0.325 e. The van der Waals surface area contributed by atoms with Crippen molar-refractivity contribution in [2.45, 2.75) is 0 Å². The van der Waals surface area contributed by atoms with Gasteiger partial charge in [-0.3, -0.25) is 9.69 Å². The molecule has 0 spiro atoms. The fourth-order valence-electron chi connectivity index (χ4n) is 2.77. The second-order valence-corrected chi connectivity index (χ2v) is 6.11. The van der Waals surface area contributed by atoms with Gasteiger partial charge in [-0.15, -0.1) is 0 Å². The van der Waals surface area contributed by atoms with Crippen LogP contribution in [0.15, 0.2) is 54.6 Å². The summed E-state index contributed by atoms with van der Waals surface area (Å²) < 4.78 is 12.9.